The van der Waals surface area contributed by atoms with Crippen LogP contribution in [0.25, 0.3) is 11.0 Å². The molecule has 2 aromatic carbocycles. The molecule has 3 rings (SSSR count). The first kappa shape index (κ1) is 20.6. The average molecular weight is 410 g/mol. The summed E-state index contributed by atoms with van der Waals surface area (Å²) in [5.74, 6) is -1.83. The highest BCUT2D eigenvalue weighted by atomic mass is 16.5. The largest absolute Gasteiger partial charge is 0.495 e. The van der Waals surface area contributed by atoms with Crippen molar-refractivity contribution in [2.24, 2.45) is 0 Å². The average Bonchev–Trinajstić information content (AvgIpc) is 2.72. The molecule has 0 saturated heterocycles. The molecular weight excluding hydrogens is 392 g/mol. The number of hydrogen-bond donors (Lipinski definition) is 2. The zero-order valence-electron chi connectivity index (χ0n) is 16.2. The lowest BCUT2D eigenvalue weighted by Gasteiger charge is -2.12. The molecule has 0 aliphatic rings. The quantitative estimate of drug-likeness (QED) is 0.599. The molecule has 154 valence electrons. The Bertz CT molecular complexity index is 1180. The van der Waals surface area contributed by atoms with Crippen molar-refractivity contribution in [2.75, 3.05) is 24.4 Å². The number of amides is 2. The Kier molecular flexibility index (Phi) is 6.11. The van der Waals surface area contributed by atoms with Crippen LogP contribution >= 0.6 is 0 Å². The molecule has 0 saturated carbocycles. The second-order valence-corrected chi connectivity index (χ2v) is 6.19. The predicted molar refractivity (Wildman–Crippen MR) is 109 cm³/mol. The predicted octanol–water partition coefficient (Wildman–Crippen LogP) is 2.56. The smallest absolute Gasteiger partial charge is 0.374 e. The van der Waals surface area contributed by atoms with E-state index >= 15 is 0 Å². The monoisotopic (exact) mass is 410 g/mol. The number of carbonyl (C=O) groups excluding carboxylic acids is 3. The van der Waals surface area contributed by atoms with Gasteiger partial charge in [-0.1, -0.05) is 12.1 Å². The van der Waals surface area contributed by atoms with Gasteiger partial charge in [0, 0.05) is 18.7 Å². The Morgan fingerprint density at radius 2 is 1.80 bits per heavy atom. The molecule has 1 heterocycles. The van der Waals surface area contributed by atoms with E-state index in [1.54, 1.807) is 36.4 Å². The van der Waals surface area contributed by atoms with E-state index in [1.807, 2.05) is 0 Å². The first-order chi connectivity index (χ1) is 14.4. The van der Waals surface area contributed by atoms with Gasteiger partial charge in [0.25, 0.3) is 5.91 Å². The summed E-state index contributed by atoms with van der Waals surface area (Å²) in [7, 11) is 1.42. The zero-order valence-corrected chi connectivity index (χ0v) is 16.2. The van der Waals surface area contributed by atoms with Gasteiger partial charge in [-0.25, -0.2) is 4.79 Å². The van der Waals surface area contributed by atoms with Gasteiger partial charge in [0.2, 0.25) is 11.7 Å². The lowest BCUT2D eigenvalue weighted by Crippen LogP contribution is -2.22. The molecular formula is C21H18N2O7. The van der Waals surface area contributed by atoms with Gasteiger partial charge in [-0.3, -0.25) is 14.4 Å². The summed E-state index contributed by atoms with van der Waals surface area (Å²) in [6.45, 7) is 0.732. The van der Waals surface area contributed by atoms with E-state index in [-0.39, 0.29) is 22.9 Å². The number of para-hydroxylation sites is 1. The van der Waals surface area contributed by atoms with Crippen LogP contribution in [0.15, 0.2) is 57.7 Å². The molecule has 0 bridgehead atoms. The molecule has 0 fully saturated rings. The topological polar surface area (TPSA) is 124 Å². The summed E-state index contributed by atoms with van der Waals surface area (Å²) in [5.41, 5.74) is 0.573. The minimum Gasteiger partial charge on any atom is -0.495 e. The number of fused-ring (bicyclic) bond motifs is 1. The molecule has 0 unspecified atom stereocenters. The van der Waals surface area contributed by atoms with E-state index in [1.165, 1.54) is 20.1 Å². The number of ether oxygens (including phenoxy) is 2. The van der Waals surface area contributed by atoms with Crippen LogP contribution in [0.5, 0.6) is 5.75 Å². The molecule has 30 heavy (non-hydrogen) atoms. The molecule has 9 nitrogen and oxygen atoms in total. The molecule has 9 heteroatoms. The van der Waals surface area contributed by atoms with E-state index in [0.29, 0.717) is 16.8 Å². The summed E-state index contributed by atoms with van der Waals surface area (Å²) in [4.78, 5) is 47.7. The third kappa shape index (κ3) is 4.82. The normalized spacial score (nSPS) is 10.3. The van der Waals surface area contributed by atoms with Crippen LogP contribution in [-0.4, -0.2) is 31.5 Å². The Labute approximate surface area is 170 Å². The number of anilines is 2. The fourth-order valence-electron chi connectivity index (χ4n) is 2.68. The highest BCUT2D eigenvalue weighted by Crippen LogP contribution is 2.27. The lowest BCUT2D eigenvalue weighted by atomic mass is 10.2. The van der Waals surface area contributed by atoms with Gasteiger partial charge in [0.15, 0.2) is 12.0 Å². The van der Waals surface area contributed by atoms with Crippen LogP contribution in [-0.2, 0) is 14.3 Å². The Hall–Kier alpha value is -4.14. The van der Waals surface area contributed by atoms with Gasteiger partial charge >= 0.3 is 5.97 Å². The van der Waals surface area contributed by atoms with Gasteiger partial charge in [-0.05, 0) is 30.3 Å². The van der Waals surface area contributed by atoms with E-state index in [4.69, 9.17) is 13.9 Å². The van der Waals surface area contributed by atoms with Gasteiger partial charge in [-0.15, -0.1) is 0 Å². The van der Waals surface area contributed by atoms with Crippen molar-refractivity contribution in [2.45, 2.75) is 6.92 Å². The van der Waals surface area contributed by atoms with Gasteiger partial charge < -0.3 is 24.5 Å². The Balaban J connectivity index is 1.68. The highest BCUT2D eigenvalue weighted by Gasteiger charge is 2.16. The number of rotatable bonds is 6. The van der Waals surface area contributed by atoms with Crippen molar-refractivity contribution in [3.63, 3.8) is 0 Å². The fraction of sp³-hybridized carbons (Fsp3) is 0.143. The summed E-state index contributed by atoms with van der Waals surface area (Å²) < 4.78 is 15.5. The van der Waals surface area contributed by atoms with Gasteiger partial charge in [0.1, 0.15) is 11.3 Å². The Morgan fingerprint density at radius 3 is 2.53 bits per heavy atom. The number of methoxy groups -OCH3 is 1. The maximum Gasteiger partial charge on any atom is 0.374 e. The fourth-order valence-corrected chi connectivity index (χ4v) is 2.68. The third-order valence-electron chi connectivity index (χ3n) is 3.96. The van der Waals surface area contributed by atoms with Crippen molar-refractivity contribution in [3.8, 4) is 5.75 Å². The molecule has 0 radical (unpaired) electrons. The van der Waals surface area contributed by atoms with Crippen LogP contribution < -0.4 is 20.8 Å². The SMILES string of the molecule is COc1ccc(NC(C)=O)cc1NC(=O)COC(=O)c1cc(=O)c2ccccc2o1. The first-order valence-electron chi connectivity index (χ1n) is 8.83. The van der Waals surface area contributed by atoms with Crippen molar-refractivity contribution in [1.29, 1.82) is 0 Å². The summed E-state index contributed by atoms with van der Waals surface area (Å²) in [6.07, 6.45) is 0. The van der Waals surface area contributed by atoms with Crippen molar-refractivity contribution < 1.29 is 28.3 Å². The molecule has 0 spiro atoms. The minimum atomic E-state index is -0.952. The zero-order chi connectivity index (χ0) is 21.7. The lowest BCUT2D eigenvalue weighted by molar-refractivity contribution is -0.119. The second-order valence-electron chi connectivity index (χ2n) is 6.19. The summed E-state index contributed by atoms with van der Waals surface area (Å²) >= 11 is 0. The van der Waals surface area contributed by atoms with Gasteiger partial charge in [-0.2, -0.15) is 0 Å². The summed E-state index contributed by atoms with van der Waals surface area (Å²) in [6, 6.07) is 12.2. The molecule has 0 aliphatic heterocycles. The maximum atomic E-state index is 12.2. The van der Waals surface area contributed by atoms with E-state index < -0.39 is 23.9 Å². The van der Waals surface area contributed by atoms with E-state index in [0.717, 1.165) is 6.07 Å². The minimum absolute atomic E-state index is 0.237. The molecule has 2 amide bonds. The number of benzene rings is 2. The molecule has 0 aliphatic carbocycles. The van der Waals surface area contributed by atoms with Crippen LogP contribution in [0, 0.1) is 0 Å². The highest BCUT2D eigenvalue weighted by molar-refractivity contribution is 5.97. The number of carbonyl (C=O) groups is 3. The van der Waals surface area contributed by atoms with Crippen LogP contribution in [0.3, 0.4) is 0 Å². The number of nitrogens with one attached hydrogen (secondary N) is 2. The second kappa shape index (κ2) is 8.91. The summed E-state index contributed by atoms with van der Waals surface area (Å²) in [5, 5.41) is 5.46. The van der Waals surface area contributed by atoms with Crippen molar-refractivity contribution in [1.82, 2.24) is 0 Å². The van der Waals surface area contributed by atoms with Gasteiger partial charge in [0.05, 0.1) is 18.2 Å². The van der Waals surface area contributed by atoms with E-state index in [2.05, 4.69) is 10.6 Å². The van der Waals surface area contributed by atoms with Crippen LogP contribution in [0.2, 0.25) is 0 Å². The molecule has 3 aromatic rings. The third-order valence-corrected chi connectivity index (χ3v) is 3.96. The molecule has 1 aromatic heterocycles. The molecule has 0 atom stereocenters. The number of esters is 1. The standard InChI is InChI=1S/C21H18N2O7/c1-12(24)22-13-7-8-18(28-2)15(9-13)23-20(26)11-29-21(27)19-10-16(25)14-5-3-4-6-17(14)30-19/h3-10H,11H2,1-2H3,(H,22,24)(H,23,26). The molecule has 2 N–H and O–H groups in total. The van der Waals surface area contributed by atoms with Crippen LogP contribution in [0.1, 0.15) is 17.5 Å². The maximum absolute atomic E-state index is 12.2. The van der Waals surface area contributed by atoms with Crippen LogP contribution in [0.4, 0.5) is 11.4 Å². The van der Waals surface area contributed by atoms with E-state index in [9.17, 15) is 19.2 Å². The van der Waals surface area contributed by atoms with Crippen molar-refractivity contribution in [3.05, 3.63) is 64.5 Å². The Morgan fingerprint density at radius 1 is 1.03 bits per heavy atom. The van der Waals surface area contributed by atoms with Crippen molar-refractivity contribution >= 4 is 40.1 Å². The first-order valence-corrected chi connectivity index (χ1v) is 8.83. The number of hydrogen-bond acceptors (Lipinski definition) is 7.